The highest BCUT2D eigenvalue weighted by atomic mass is 35.5. The van der Waals surface area contributed by atoms with Gasteiger partial charge in [-0.3, -0.25) is 4.90 Å². The molecule has 3 unspecified atom stereocenters. The van der Waals surface area contributed by atoms with Gasteiger partial charge in [0.1, 0.15) is 0 Å². The SMILES string of the molecule is CCC(C)C1CN(Cc2cccc(Cl)c2Cl)C(CC)CN1. The number of hydrogen-bond acceptors (Lipinski definition) is 2. The molecular weight excluding hydrogens is 303 g/mol. The van der Waals surface area contributed by atoms with Crippen LogP contribution in [0.25, 0.3) is 0 Å². The molecule has 0 radical (unpaired) electrons. The van der Waals surface area contributed by atoms with Crippen molar-refractivity contribution in [1.82, 2.24) is 10.2 Å². The van der Waals surface area contributed by atoms with Gasteiger partial charge in [-0.2, -0.15) is 0 Å². The van der Waals surface area contributed by atoms with Crippen LogP contribution in [0.3, 0.4) is 0 Å². The lowest BCUT2D eigenvalue weighted by molar-refractivity contribution is 0.0993. The molecule has 1 aliphatic heterocycles. The predicted molar refractivity (Wildman–Crippen MR) is 92.2 cm³/mol. The maximum Gasteiger partial charge on any atom is 0.0637 e. The van der Waals surface area contributed by atoms with Crippen LogP contribution >= 0.6 is 23.2 Å². The molecular formula is C17H26Cl2N2. The molecule has 0 aromatic heterocycles. The third kappa shape index (κ3) is 4.13. The Hall–Kier alpha value is -0.280. The van der Waals surface area contributed by atoms with E-state index in [0.717, 1.165) is 31.6 Å². The second kappa shape index (κ2) is 7.82. The number of nitrogens with one attached hydrogen (secondary N) is 1. The van der Waals surface area contributed by atoms with E-state index < -0.39 is 0 Å². The topological polar surface area (TPSA) is 15.3 Å². The summed E-state index contributed by atoms with van der Waals surface area (Å²) in [6, 6.07) is 7.06. The number of nitrogens with zero attached hydrogens (tertiary/aromatic N) is 1. The van der Waals surface area contributed by atoms with E-state index in [0.29, 0.717) is 28.0 Å². The summed E-state index contributed by atoms with van der Waals surface area (Å²) in [5, 5.41) is 5.06. The van der Waals surface area contributed by atoms with E-state index in [9.17, 15) is 0 Å². The summed E-state index contributed by atoms with van der Waals surface area (Å²) < 4.78 is 0. The van der Waals surface area contributed by atoms with E-state index in [-0.39, 0.29) is 0 Å². The standard InChI is InChI=1S/C17H26Cl2N2/c1-4-12(3)16-11-21(14(5-2)9-20-16)10-13-7-6-8-15(18)17(13)19/h6-8,12,14,16,20H,4-5,9-11H2,1-3H3. The summed E-state index contributed by atoms with van der Waals surface area (Å²) in [4.78, 5) is 2.56. The predicted octanol–water partition coefficient (Wildman–Crippen LogP) is 4.59. The highest BCUT2D eigenvalue weighted by molar-refractivity contribution is 6.42. The van der Waals surface area contributed by atoms with Crippen LogP contribution in [0.15, 0.2) is 18.2 Å². The number of benzene rings is 1. The fraction of sp³-hybridized carbons (Fsp3) is 0.647. The minimum Gasteiger partial charge on any atom is -0.311 e. The molecule has 118 valence electrons. The van der Waals surface area contributed by atoms with Crippen molar-refractivity contribution in [2.24, 2.45) is 5.92 Å². The summed E-state index contributed by atoms with van der Waals surface area (Å²) in [6.45, 7) is 9.86. The van der Waals surface area contributed by atoms with E-state index in [1.807, 2.05) is 12.1 Å². The fourth-order valence-corrected chi connectivity index (χ4v) is 3.41. The number of piperazine rings is 1. The normalized spacial score (nSPS) is 25.0. The summed E-state index contributed by atoms with van der Waals surface area (Å²) in [5.74, 6) is 0.695. The summed E-state index contributed by atoms with van der Waals surface area (Å²) >= 11 is 12.5. The zero-order valence-corrected chi connectivity index (χ0v) is 14.7. The molecule has 1 aromatic rings. The molecule has 1 aliphatic rings. The van der Waals surface area contributed by atoms with E-state index in [4.69, 9.17) is 23.2 Å². The molecule has 21 heavy (non-hydrogen) atoms. The average molecular weight is 329 g/mol. The Kier molecular flexibility index (Phi) is 6.36. The van der Waals surface area contributed by atoms with Crippen LogP contribution in [0.5, 0.6) is 0 Å². The van der Waals surface area contributed by atoms with Crippen LogP contribution < -0.4 is 5.32 Å². The zero-order chi connectivity index (χ0) is 15.4. The Morgan fingerprint density at radius 3 is 2.76 bits per heavy atom. The molecule has 1 fully saturated rings. The summed E-state index contributed by atoms with van der Waals surface area (Å²) in [7, 11) is 0. The van der Waals surface area contributed by atoms with Gasteiger partial charge in [0.05, 0.1) is 10.0 Å². The zero-order valence-electron chi connectivity index (χ0n) is 13.2. The van der Waals surface area contributed by atoms with Crippen LogP contribution in [0, 0.1) is 5.92 Å². The molecule has 0 amide bonds. The third-order valence-electron chi connectivity index (χ3n) is 4.77. The van der Waals surface area contributed by atoms with Crippen molar-refractivity contribution >= 4 is 23.2 Å². The monoisotopic (exact) mass is 328 g/mol. The van der Waals surface area contributed by atoms with Crippen LogP contribution in [-0.4, -0.2) is 30.1 Å². The molecule has 1 N–H and O–H groups in total. The van der Waals surface area contributed by atoms with Crippen molar-refractivity contribution in [2.45, 2.75) is 52.2 Å². The Morgan fingerprint density at radius 2 is 2.10 bits per heavy atom. The Labute approximate surface area is 138 Å². The summed E-state index contributed by atoms with van der Waals surface area (Å²) in [5.41, 5.74) is 1.13. The lowest BCUT2D eigenvalue weighted by atomic mass is 9.94. The second-order valence-electron chi connectivity index (χ2n) is 6.10. The van der Waals surface area contributed by atoms with Gasteiger partial charge in [-0.25, -0.2) is 0 Å². The van der Waals surface area contributed by atoms with Gasteiger partial charge >= 0.3 is 0 Å². The maximum atomic E-state index is 6.36. The number of hydrogen-bond donors (Lipinski definition) is 1. The van der Waals surface area contributed by atoms with Crippen molar-refractivity contribution in [3.8, 4) is 0 Å². The lowest BCUT2D eigenvalue weighted by Gasteiger charge is -2.42. The minimum absolute atomic E-state index is 0.566. The Morgan fingerprint density at radius 1 is 1.33 bits per heavy atom. The molecule has 0 spiro atoms. The van der Waals surface area contributed by atoms with Crippen molar-refractivity contribution in [3.05, 3.63) is 33.8 Å². The molecule has 1 heterocycles. The first kappa shape index (κ1) is 17.1. The van der Waals surface area contributed by atoms with Crippen LogP contribution in [0.4, 0.5) is 0 Å². The smallest absolute Gasteiger partial charge is 0.0637 e. The number of rotatable bonds is 5. The molecule has 0 saturated carbocycles. The first-order valence-corrected chi connectivity index (χ1v) is 8.72. The third-order valence-corrected chi connectivity index (χ3v) is 5.63. The van der Waals surface area contributed by atoms with Gasteiger partial charge in [0.2, 0.25) is 0 Å². The van der Waals surface area contributed by atoms with Crippen molar-refractivity contribution < 1.29 is 0 Å². The van der Waals surface area contributed by atoms with Gasteiger partial charge in [0.15, 0.2) is 0 Å². The van der Waals surface area contributed by atoms with E-state index in [2.05, 4.69) is 37.1 Å². The van der Waals surface area contributed by atoms with Gasteiger partial charge in [-0.1, -0.05) is 62.5 Å². The highest BCUT2D eigenvalue weighted by Crippen LogP contribution is 2.28. The van der Waals surface area contributed by atoms with E-state index >= 15 is 0 Å². The largest absolute Gasteiger partial charge is 0.311 e. The van der Waals surface area contributed by atoms with E-state index in [1.165, 1.54) is 6.42 Å². The minimum atomic E-state index is 0.566. The first-order valence-electron chi connectivity index (χ1n) is 7.97. The van der Waals surface area contributed by atoms with Crippen LogP contribution in [-0.2, 0) is 6.54 Å². The van der Waals surface area contributed by atoms with Crippen molar-refractivity contribution in [2.75, 3.05) is 13.1 Å². The molecule has 2 rings (SSSR count). The van der Waals surface area contributed by atoms with Gasteiger partial charge in [0.25, 0.3) is 0 Å². The fourth-order valence-electron chi connectivity index (χ4n) is 3.03. The van der Waals surface area contributed by atoms with Gasteiger partial charge in [0, 0.05) is 31.7 Å². The van der Waals surface area contributed by atoms with Crippen molar-refractivity contribution in [3.63, 3.8) is 0 Å². The Bertz CT molecular complexity index is 464. The highest BCUT2D eigenvalue weighted by Gasteiger charge is 2.29. The molecule has 3 atom stereocenters. The molecule has 0 bridgehead atoms. The quantitative estimate of drug-likeness (QED) is 0.850. The lowest BCUT2D eigenvalue weighted by Crippen LogP contribution is -2.57. The van der Waals surface area contributed by atoms with Crippen LogP contribution in [0.2, 0.25) is 10.0 Å². The first-order chi connectivity index (χ1) is 10.1. The van der Waals surface area contributed by atoms with Gasteiger partial charge in [-0.15, -0.1) is 0 Å². The molecule has 4 heteroatoms. The van der Waals surface area contributed by atoms with Gasteiger partial charge < -0.3 is 5.32 Å². The molecule has 1 saturated heterocycles. The second-order valence-corrected chi connectivity index (χ2v) is 6.89. The average Bonchev–Trinajstić information content (AvgIpc) is 2.51. The van der Waals surface area contributed by atoms with Crippen molar-refractivity contribution in [1.29, 1.82) is 0 Å². The molecule has 1 aromatic carbocycles. The molecule has 0 aliphatic carbocycles. The van der Waals surface area contributed by atoms with Gasteiger partial charge in [-0.05, 0) is 24.0 Å². The Balaban J connectivity index is 2.12. The summed E-state index contributed by atoms with van der Waals surface area (Å²) in [6.07, 6.45) is 2.36. The molecule has 2 nitrogen and oxygen atoms in total. The maximum absolute atomic E-state index is 6.36. The van der Waals surface area contributed by atoms with E-state index in [1.54, 1.807) is 0 Å². The number of halogens is 2. The van der Waals surface area contributed by atoms with Crippen LogP contribution in [0.1, 0.15) is 39.2 Å².